The van der Waals surface area contributed by atoms with Crippen LogP contribution in [0.2, 0.25) is 0 Å². The minimum atomic E-state index is -0.108. The van der Waals surface area contributed by atoms with E-state index in [9.17, 15) is 4.79 Å². The Hall–Kier alpha value is -3.33. The van der Waals surface area contributed by atoms with Gasteiger partial charge in [-0.05, 0) is 56.0 Å². The van der Waals surface area contributed by atoms with E-state index in [1.54, 1.807) is 22.9 Å². The van der Waals surface area contributed by atoms with E-state index in [4.69, 9.17) is 0 Å². The Labute approximate surface area is 177 Å². The number of anilines is 3. The van der Waals surface area contributed by atoms with E-state index in [0.717, 1.165) is 37.0 Å². The first-order valence-electron chi connectivity index (χ1n) is 10.7. The summed E-state index contributed by atoms with van der Waals surface area (Å²) in [6, 6.07) is 11.7. The Morgan fingerprint density at radius 2 is 1.83 bits per heavy atom. The lowest BCUT2D eigenvalue weighted by molar-refractivity contribution is 0.578. The second kappa shape index (κ2) is 9.45. The third-order valence-electron chi connectivity index (χ3n) is 5.30. The Balaban J connectivity index is 1.55. The maximum absolute atomic E-state index is 12.4. The molecule has 1 fully saturated rings. The van der Waals surface area contributed by atoms with Crippen molar-refractivity contribution in [3.05, 3.63) is 52.9 Å². The Morgan fingerprint density at radius 3 is 2.60 bits per heavy atom. The minimum Gasteiger partial charge on any atom is -0.372 e. The molecule has 0 amide bonds. The van der Waals surface area contributed by atoms with Crippen LogP contribution in [0, 0.1) is 11.8 Å². The third kappa shape index (κ3) is 4.62. The van der Waals surface area contributed by atoms with Crippen molar-refractivity contribution in [3.8, 4) is 11.8 Å². The van der Waals surface area contributed by atoms with Crippen LogP contribution in [0.5, 0.6) is 0 Å². The summed E-state index contributed by atoms with van der Waals surface area (Å²) in [5.74, 6) is 6.63. The Bertz CT molecular complexity index is 1120. The molecule has 1 saturated heterocycles. The highest BCUT2D eigenvalue weighted by molar-refractivity contribution is 5.75. The van der Waals surface area contributed by atoms with E-state index in [1.165, 1.54) is 24.9 Å². The van der Waals surface area contributed by atoms with Crippen molar-refractivity contribution in [2.75, 3.05) is 23.3 Å². The number of hydrogen-bond donors (Lipinski definition) is 1. The fourth-order valence-electron chi connectivity index (χ4n) is 3.67. The monoisotopic (exact) mass is 401 g/mol. The molecule has 0 unspecified atom stereocenters. The quantitative estimate of drug-likeness (QED) is 0.645. The average Bonchev–Trinajstić information content (AvgIpc) is 2.79. The van der Waals surface area contributed by atoms with Crippen LogP contribution >= 0.6 is 0 Å². The maximum Gasteiger partial charge on any atom is 0.253 e. The highest BCUT2D eigenvalue weighted by Crippen LogP contribution is 2.23. The highest BCUT2D eigenvalue weighted by atomic mass is 16.1. The van der Waals surface area contributed by atoms with Gasteiger partial charge in [0.25, 0.3) is 5.56 Å². The van der Waals surface area contributed by atoms with Gasteiger partial charge in [-0.3, -0.25) is 9.36 Å². The van der Waals surface area contributed by atoms with Crippen molar-refractivity contribution in [2.24, 2.45) is 0 Å². The van der Waals surface area contributed by atoms with Crippen LogP contribution < -0.4 is 15.8 Å². The first-order valence-corrected chi connectivity index (χ1v) is 10.7. The first-order chi connectivity index (χ1) is 14.7. The largest absolute Gasteiger partial charge is 0.372 e. The molecule has 1 N–H and O–H groups in total. The zero-order valence-corrected chi connectivity index (χ0v) is 17.4. The maximum atomic E-state index is 12.4. The summed E-state index contributed by atoms with van der Waals surface area (Å²) in [6.07, 6.45) is 7.41. The number of unbranched alkanes of at least 4 members (excludes halogenated alkanes) is 1. The van der Waals surface area contributed by atoms with Crippen molar-refractivity contribution >= 4 is 28.4 Å². The molecule has 0 aliphatic carbocycles. The molecule has 154 valence electrons. The molecule has 0 atom stereocenters. The van der Waals surface area contributed by atoms with Gasteiger partial charge in [0.2, 0.25) is 5.95 Å². The summed E-state index contributed by atoms with van der Waals surface area (Å²) in [5.41, 5.74) is 2.65. The molecular weight excluding hydrogens is 374 g/mol. The number of rotatable bonds is 5. The number of piperidine rings is 1. The van der Waals surface area contributed by atoms with Gasteiger partial charge in [0.05, 0.1) is 6.54 Å². The normalized spacial score (nSPS) is 13.7. The second-order valence-corrected chi connectivity index (χ2v) is 7.55. The molecular formula is C24H27N5O. The molecule has 3 aromatic rings. The zero-order chi connectivity index (χ0) is 20.8. The number of fused-ring (bicyclic) bond motifs is 1. The topological polar surface area (TPSA) is 63.1 Å². The molecule has 30 heavy (non-hydrogen) atoms. The second-order valence-electron chi connectivity index (χ2n) is 7.55. The summed E-state index contributed by atoms with van der Waals surface area (Å²) >= 11 is 0. The molecule has 2 aromatic heterocycles. The van der Waals surface area contributed by atoms with Crippen LogP contribution in [0.15, 0.2) is 47.4 Å². The van der Waals surface area contributed by atoms with E-state index in [-0.39, 0.29) is 5.56 Å². The number of pyridine rings is 1. The van der Waals surface area contributed by atoms with E-state index in [2.05, 4.69) is 51.1 Å². The van der Waals surface area contributed by atoms with Gasteiger partial charge in [-0.15, -0.1) is 5.92 Å². The van der Waals surface area contributed by atoms with Gasteiger partial charge in [-0.2, -0.15) is 4.98 Å². The van der Waals surface area contributed by atoms with Crippen molar-refractivity contribution in [1.29, 1.82) is 0 Å². The number of benzene rings is 1. The van der Waals surface area contributed by atoms with Crippen LogP contribution in [0.25, 0.3) is 11.0 Å². The molecule has 0 spiro atoms. The standard InChI is InChI=1S/C24H27N5O/c1-2-3-4-8-17-29-22(30)14-9-19-18-25-24(27-23(19)29)26-20-10-12-21(13-11-20)28-15-6-5-7-16-28/h9-14,18H,2-3,5-7,15-17H2,1H3,(H,25,26,27). The Morgan fingerprint density at radius 1 is 1.03 bits per heavy atom. The van der Waals surface area contributed by atoms with Gasteiger partial charge in [-0.1, -0.05) is 12.8 Å². The lowest BCUT2D eigenvalue weighted by atomic mass is 10.1. The molecule has 4 rings (SSSR count). The van der Waals surface area contributed by atoms with Crippen LogP contribution in [-0.2, 0) is 6.54 Å². The number of aromatic nitrogens is 3. The number of nitrogens with one attached hydrogen (secondary N) is 1. The molecule has 1 aliphatic rings. The third-order valence-corrected chi connectivity index (χ3v) is 5.30. The van der Waals surface area contributed by atoms with Crippen LogP contribution in [0.4, 0.5) is 17.3 Å². The molecule has 6 nitrogen and oxygen atoms in total. The van der Waals surface area contributed by atoms with Gasteiger partial charge in [0.15, 0.2) is 0 Å². The van der Waals surface area contributed by atoms with Crippen molar-refractivity contribution in [1.82, 2.24) is 14.5 Å². The van der Waals surface area contributed by atoms with E-state index >= 15 is 0 Å². The van der Waals surface area contributed by atoms with Gasteiger partial charge in [0, 0.05) is 48.5 Å². The molecule has 0 bridgehead atoms. The van der Waals surface area contributed by atoms with Gasteiger partial charge in [-0.25, -0.2) is 4.98 Å². The zero-order valence-electron chi connectivity index (χ0n) is 17.4. The fraction of sp³-hybridized carbons (Fsp3) is 0.375. The minimum absolute atomic E-state index is 0.108. The van der Waals surface area contributed by atoms with Crippen LogP contribution in [0.3, 0.4) is 0 Å². The molecule has 6 heteroatoms. The molecule has 1 aliphatic heterocycles. The summed E-state index contributed by atoms with van der Waals surface area (Å²) in [6.45, 7) is 4.67. The van der Waals surface area contributed by atoms with Gasteiger partial charge >= 0.3 is 0 Å². The lowest BCUT2D eigenvalue weighted by Gasteiger charge is -2.28. The summed E-state index contributed by atoms with van der Waals surface area (Å²) in [5, 5.41) is 4.07. The predicted octanol–water partition coefficient (Wildman–Crippen LogP) is 4.33. The smallest absolute Gasteiger partial charge is 0.253 e. The SMILES string of the molecule is CCCC#CCn1c(=O)ccc2cnc(Nc3ccc(N4CCCCC4)cc3)nc21. The fourth-order valence-corrected chi connectivity index (χ4v) is 3.67. The molecule has 1 aromatic carbocycles. The summed E-state index contributed by atoms with van der Waals surface area (Å²) < 4.78 is 1.60. The average molecular weight is 402 g/mol. The van der Waals surface area contributed by atoms with Crippen molar-refractivity contribution in [3.63, 3.8) is 0 Å². The molecule has 0 saturated carbocycles. The van der Waals surface area contributed by atoms with Crippen molar-refractivity contribution in [2.45, 2.75) is 45.6 Å². The predicted molar refractivity (Wildman–Crippen MR) is 122 cm³/mol. The van der Waals surface area contributed by atoms with Crippen LogP contribution in [-0.4, -0.2) is 27.6 Å². The van der Waals surface area contributed by atoms with Gasteiger partial charge < -0.3 is 10.2 Å². The Kier molecular flexibility index (Phi) is 6.29. The molecule has 3 heterocycles. The van der Waals surface area contributed by atoms with Crippen molar-refractivity contribution < 1.29 is 0 Å². The van der Waals surface area contributed by atoms with E-state index in [1.807, 2.05) is 12.1 Å². The van der Waals surface area contributed by atoms with E-state index in [0.29, 0.717) is 18.1 Å². The lowest BCUT2D eigenvalue weighted by Crippen LogP contribution is -2.29. The summed E-state index contributed by atoms with van der Waals surface area (Å²) in [4.78, 5) is 23.8. The highest BCUT2D eigenvalue weighted by Gasteiger charge is 2.11. The molecule has 0 radical (unpaired) electrons. The number of hydrogen-bond acceptors (Lipinski definition) is 5. The van der Waals surface area contributed by atoms with Crippen LogP contribution in [0.1, 0.15) is 39.0 Å². The first kappa shape index (κ1) is 20.0. The van der Waals surface area contributed by atoms with Gasteiger partial charge in [0.1, 0.15) is 5.65 Å². The van der Waals surface area contributed by atoms with E-state index < -0.39 is 0 Å². The number of nitrogens with zero attached hydrogens (tertiary/aromatic N) is 4. The summed E-state index contributed by atoms with van der Waals surface area (Å²) in [7, 11) is 0.